The largest absolute Gasteiger partial charge is 0.239 e. The Bertz CT molecular complexity index is 749. The summed E-state index contributed by atoms with van der Waals surface area (Å²) >= 11 is 0. The van der Waals surface area contributed by atoms with Crippen LogP contribution in [0.3, 0.4) is 0 Å². The molecule has 1 fully saturated rings. The first-order valence-electron chi connectivity index (χ1n) is 9.25. The predicted octanol–water partition coefficient (Wildman–Crippen LogP) is 5.48. The molecule has 3 nitrogen and oxygen atoms in total. The van der Waals surface area contributed by atoms with E-state index in [0.717, 1.165) is 25.4 Å². The van der Waals surface area contributed by atoms with Crippen LogP contribution < -0.4 is 5.64 Å². The highest BCUT2D eigenvalue weighted by atomic mass is 31.2. The van der Waals surface area contributed by atoms with Crippen molar-refractivity contribution in [1.82, 2.24) is 5.64 Å². The molecular weight excluding hydrogens is 341 g/mol. The standard InChI is InChI=1S/C22H25NO2P/c1-2-7-13-19(12-6-1)26(18-22-24-23-25-22,21-16-10-5-11-17-21)20-14-8-3-4-9-15-20/h1-8,10,12-16,19,22-23H,9,11,17-18H2/q+1. The summed E-state index contributed by atoms with van der Waals surface area (Å²) in [5.41, 5.74) is 2.85. The van der Waals surface area contributed by atoms with Crippen LogP contribution in [0.1, 0.15) is 19.3 Å². The van der Waals surface area contributed by atoms with Crippen molar-refractivity contribution in [2.24, 2.45) is 0 Å². The zero-order valence-electron chi connectivity index (χ0n) is 14.8. The molecule has 1 heterocycles. The van der Waals surface area contributed by atoms with Gasteiger partial charge in [0.15, 0.2) is 0 Å². The third kappa shape index (κ3) is 3.54. The van der Waals surface area contributed by atoms with E-state index in [4.69, 9.17) is 9.68 Å². The molecule has 1 atom stereocenters. The fourth-order valence-electron chi connectivity index (χ4n) is 3.93. The molecule has 4 aliphatic rings. The van der Waals surface area contributed by atoms with E-state index in [1.165, 1.54) is 5.31 Å². The fourth-order valence-corrected chi connectivity index (χ4v) is 8.75. The predicted molar refractivity (Wildman–Crippen MR) is 110 cm³/mol. The highest BCUT2D eigenvalue weighted by Crippen LogP contribution is 2.78. The van der Waals surface area contributed by atoms with E-state index in [2.05, 4.69) is 90.7 Å². The fraction of sp³-hybridized carbons (Fsp3) is 0.273. The number of hydrogen-bond acceptors (Lipinski definition) is 3. The van der Waals surface area contributed by atoms with Crippen molar-refractivity contribution in [2.45, 2.75) is 31.2 Å². The van der Waals surface area contributed by atoms with E-state index in [0.29, 0.717) is 5.66 Å². The summed E-state index contributed by atoms with van der Waals surface area (Å²) in [5.74, 6) is 0. The molecule has 1 N–H and O–H groups in total. The maximum absolute atomic E-state index is 5.50. The van der Waals surface area contributed by atoms with Crippen molar-refractivity contribution in [3.63, 3.8) is 0 Å². The third-order valence-corrected chi connectivity index (χ3v) is 10.1. The number of nitrogens with one attached hydrogen (secondary N) is 1. The highest BCUT2D eigenvalue weighted by Gasteiger charge is 2.53. The minimum atomic E-state index is -1.76. The quantitative estimate of drug-likeness (QED) is 0.654. The van der Waals surface area contributed by atoms with Crippen LogP contribution in [0.2, 0.25) is 0 Å². The first-order valence-corrected chi connectivity index (χ1v) is 11.3. The summed E-state index contributed by atoms with van der Waals surface area (Å²) in [6.45, 7) is 0. The lowest BCUT2D eigenvalue weighted by molar-refractivity contribution is -0.403. The van der Waals surface area contributed by atoms with Crippen LogP contribution in [0.5, 0.6) is 0 Å². The van der Waals surface area contributed by atoms with Gasteiger partial charge < -0.3 is 0 Å². The molecule has 1 unspecified atom stereocenters. The van der Waals surface area contributed by atoms with Gasteiger partial charge in [-0.05, 0) is 43.2 Å². The van der Waals surface area contributed by atoms with Gasteiger partial charge in [0, 0.05) is 6.42 Å². The van der Waals surface area contributed by atoms with E-state index in [9.17, 15) is 0 Å². The molecule has 0 aromatic heterocycles. The third-order valence-electron chi connectivity index (χ3n) is 5.20. The monoisotopic (exact) mass is 366 g/mol. The molecule has 4 heteroatoms. The van der Waals surface area contributed by atoms with Crippen molar-refractivity contribution in [3.05, 3.63) is 95.7 Å². The van der Waals surface area contributed by atoms with E-state index in [1.807, 2.05) is 0 Å². The SMILES string of the molecule is C1=CC=CC([P+](CC2ONO2)(C2=CCC=CC=C2)C2=CC=CCC2)C=C1. The minimum Gasteiger partial charge on any atom is -0.239 e. The molecule has 134 valence electrons. The molecular formula is C22H25NO2P+. The first-order chi connectivity index (χ1) is 12.9. The Morgan fingerprint density at radius 1 is 0.962 bits per heavy atom. The summed E-state index contributed by atoms with van der Waals surface area (Å²) in [6, 6.07) is 0. The van der Waals surface area contributed by atoms with Crippen molar-refractivity contribution in [3.8, 4) is 0 Å². The Hall–Kier alpha value is -1.77. The van der Waals surface area contributed by atoms with Gasteiger partial charge in [-0.25, -0.2) is 9.68 Å². The Balaban J connectivity index is 1.84. The summed E-state index contributed by atoms with van der Waals surface area (Å²) in [5, 5.41) is 3.00. The molecule has 0 radical (unpaired) electrons. The second kappa shape index (κ2) is 8.28. The molecule has 4 rings (SSSR count). The van der Waals surface area contributed by atoms with Gasteiger partial charge in [0.1, 0.15) is 11.8 Å². The van der Waals surface area contributed by atoms with Crippen molar-refractivity contribution in [2.75, 3.05) is 6.16 Å². The van der Waals surface area contributed by atoms with Gasteiger partial charge in [-0.3, -0.25) is 0 Å². The van der Waals surface area contributed by atoms with Crippen LogP contribution >= 0.6 is 7.26 Å². The Kier molecular flexibility index (Phi) is 5.62. The maximum Gasteiger partial charge on any atom is 0.235 e. The number of rotatable bonds is 5. The second-order valence-corrected chi connectivity index (χ2v) is 10.5. The number of hydrogen-bond donors (Lipinski definition) is 1. The van der Waals surface area contributed by atoms with Gasteiger partial charge in [-0.2, -0.15) is 0 Å². The first kappa shape index (κ1) is 17.6. The van der Waals surface area contributed by atoms with Crippen molar-refractivity contribution >= 4 is 7.26 Å². The van der Waals surface area contributed by atoms with Crippen LogP contribution in [-0.4, -0.2) is 18.1 Å². The summed E-state index contributed by atoms with van der Waals surface area (Å²) in [7, 11) is -1.76. The van der Waals surface area contributed by atoms with E-state index >= 15 is 0 Å². The topological polar surface area (TPSA) is 30.5 Å². The second-order valence-electron chi connectivity index (χ2n) is 6.72. The molecule has 0 aromatic rings. The van der Waals surface area contributed by atoms with Gasteiger partial charge in [-0.1, -0.05) is 60.3 Å². The molecule has 1 saturated heterocycles. The highest BCUT2D eigenvalue weighted by molar-refractivity contribution is 7.84. The van der Waals surface area contributed by atoms with Crippen LogP contribution in [0.4, 0.5) is 0 Å². The zero-order valence-corrected chi connectivity index (χ0v) is 15.7. The van der Waals surface area contributed by atoms with Crippen LogP contribution in [0.15, 0.2) is 95.7 Å². The van der Waals surface area contributed by atoms with E-state index < -0.39 is 7.26 Å². The lowest BCUT2D eigenvalue weighted by atomic mass is 10.2. The molecule has 26 heavy (non-hydrogen) atoms. The Morgan fingerprint density at radius 2 is 1.81 bits per heavy atom. The number of allylic oxidation sites excluding steroid dienone is 16. The molecule has 0 aromatic carbocycles. The van der Waals surface area contributed by atoms with Crippen molar-refractivity contribution in [1.29, 1.82) is 0 Å². The zero-order chi connectivity index (χ0) is 17.7. The van der Waals surface area contributed by atoms with Crippen LogP contribution in [0.25, 0.3) is 0 Å². The lowest BCUT2D eigenvalue weighted by Gasteiger charge is -2.38. The minimum absolute atomic E-state index is 0.196. The van der Waals surface area contributed by atoms with Gasteiger partial charge in [0.2, 0.25) is 6.29 Å². The molecule has 0 spiro atoms. The normalized spacial score (nSPS) is 25.2. The molecule has 0 saturated carbocycles. The molecule has 3 aliphatic carbocycles. The molecule has 1 aliphatic heterocycles. The molecule has 0 amide bonds. The van der Waals surface area contributed by atoms with Crippen LogP contribution in [0, 0.1) is 0 Å². The van der Waals surface area contributed by atoms with Crippen LogP contribution in [-0.2, 0) is 9.68 Å². The summed E-state index contributed by atoms with van der Waals surface area (Å²) < 4.78 is 0. The van der Waals surface area contributed by atoms with Gasteiger partial charge in [0.05, 0.1) is 17.9 Å². The van der Waals surface area contributed by atoms with Gasteiger partial charge >= 0.3 is 0 Å². The van der Waals surface area contributed by atoms with Gasteiger partial charge in [-0.15, -0.1) is 0 Å². The van der Waals surface area contributed by atoms with Gasteiger partial charge in [0.25, 0.3) is 0 Å². The lowest BCUT2D eigenvalue weighted by Crippen LogP contribution is -2.45. The Morgan fingerprint density at radius 3 is 2.50 bits per heavy atom. The maximum atomic E-state index is 5.50. The smallest absolute Gasteiger partial charge is 0.235 e. The van der Waals surface area contributed by atoms with E-state index in [-0.39, 0.29) is 6.29 Å². The van der Waals surface area contributed by atoms with E-state index in [1.54, 1.807) is 5.31 Å². The summed E-state index contributed by atoms with van der Waals surface area (Å²) in [6.07, 6.45) is 35.2. The van der Waals surface area contributed by atoms with Crippen molar-refractivity contribution < 1.29 is 9.68 Å². The average Bonchev–Trinajstić information content (AvgIpc) is 3.08. The Labute approximate surface area is 156 Å². The molecule has 0 bridgehead atoms. The average molecular weight is 366 g/mol. The summed E-state index contributed by atoms with van der Waals surface area (Å²) in [4.78, 5) is 11.0.